The minimum atomic E-state index is -2.66. The van der Waals surface area contributed by atoms with E-state index in [0.717, 1.165) is 6.07 Å². The molecule has 2 amide bonds. The van der Waals surface area contributed by atoms with Gasteiger partial charge < -0.3 is 15.4 Å². The Hall–Kier alpha value is -2.33. The largest absolute Gasteiger partial charge is 0.484 e. The van der Waals surface area contributed by atoms with E-state index in [4.69, 9.17) is 16.3 Å². The topological polar surface area (TPSA) is 80.3 Å². The number of benzene rings is 1. The van der Waals surface area contributed by atoms with Crippen LogP contribution in [0.4, 0.5) is 13.2 Å². The number of ether oxygens (including phenoxy) is 1. The van der Waals surface area contributed by atoms with Gasteiger partial charge in [0.05, 0.1) is 21.7 Å². The molecule has 2 N–H and O–H groups in total. The van der Waals surface area contributed by atoms with E-state index in [1.165, 1.54) is 23.7 Å². The lowest BCUT2D eigenvalue weighted by molar-refractivity contribution is -0.141. The second-order valence-electron chi connectivity index (χ2n) is 7.31. The van der Waals surface area contributed by atoms with Gasteiger partial charge in [0.25, 0.3) is 5.91 Å². The number of halogens is 4. The number of nitrogens with one attached hydrogen (secondary N) is 2. The molecule has 2 bridgehead atoms. The van der Waals surface area contributed by atoms with Gasteiger partial charge in [-0.25, -0.2) is 4.39 Å². The van der Waals surface area contributed by atoms with Gasteiger partial charge in [-0.2, -0.15) is 13.8 Å². The smallest absolute Gasteiger partial charge is 0.423 e. The summed E-state index contributed by atoms with van der Waals surface area (Å²) in [5, 5.41) is 6.67. The van der Waals surface area contributed by atoms with E-state index in [0.29, 0.717) is 19.3 Å². The van der Waals surface area contributed by atoms with Crippen LogP contribution in [0.5, 0.6) is 5.75 Å². The summed E-state index contributed by atoms with van der Waals surface area (Å²) in [4.78, 5) is 28.1. The normalized spacial score (nSPS) is 25.1. The summed E-state index contributed by atoms with van der Waals surface area (Å²) in [5.74, 6) is -4.08. The monoisotopic (exact) mass is 446 g/mol. The third-order valence-corrected chi connectivity index (χ3v) is 6.93. The predicted octanol–water partition coefficient (Wildman–Crippen LogP) is 3.62. The molecule has 6 nitrogen and oxygen atoms in total. The lowest BCUT2D eigenvalue weighted by Crippen LogP contribution is -2.84. The van der Waals surface area contributed by atoms with Gasteiger partial charge in [0.15, 0.2) is 12.0 Å². The Labute approximate surface area is 171 Å². The molecule has 0 saturated heterocycles. The average molecular weight is 447 g/mol. The van der Waals surface area contributed by atoms with E-state index < -0.39 is 39.0 Å². The predicted molar refractivity (Wildman–Crippen MR) is 99.8 cm³/mol. The van der Waals surface area contributed by atoms with Crippen LogP contribution >= 0.6 is 22.1 Å². The third-order valence-electron chi connectivity index (χ3n) is 5.08. The van der Waals surface area contributed by atoms with Gasteiger partial charge in [-0.3, -0.25) is 9.59 Å². The fourth-order valence-corrected chi connectivity index (χ4v) is 5.17. The highest BCUT2D eigenvalue weighted by Gasteiger charge is 2.69. The highest BCUT2D eigenvalue weighted by molar-refractivity contribution is 7.31. The van der Waals surface area contributed by atoms with Crippen LogP contribution in [0.15, 0.2) is 29.8 Å². The fourth-order valence-electron chi connectivity index (χ4n) is 3.99. The van der Waals surface area contributed by atoms with Gasteiger partial charge in [-0.15, -0.1) is 0 Å². The van der Waals surface area contributed by atoms with Crippen LogP contribution < -0.4 is 15.4 Å². The summed E-state index contributed by atoms with van der Waals surface area (Å²) in [6, 6.07) is 3.88. The number of thiazole rings is 1. The van der Waals surface area contributed by atoms with E-state index in [9.17, 15) is 22.8 Å². The molecule has 0 radical (unpaired) electrons. The number of hydrogen-bond acceptors (Lipinski definition) is 4. The number of rotatable bonds is 7. The molecule has 2 aromatic rings. The molecular weight excluding hydrogens is 431 g/mol. The molecule has 11 heteroatoms. The second kappa shape index (κ2) is 7.17. The highest BCUT2D eigenvalue weighted by Crippen LogP contribution is 2.60. The SMILES string of the molecule is O=C(COc1ccc(Cl)c(F)c1)NC12CC(NC(=O)c3ncc[s+]3C(F)F)(C1)C2. The Balaban J connectivity index is 1.25. The zero-order valence-corrected chi connectivity index (χ0v) is 16.5. The molecule has 1 aromatic heterocycles. The highest BCUT2D eigenvalue weighted by atomic mass is 35.5. The number of carbonyl (C=O) groups excluding carboxylic acids is 2. The summed E-state index contributed by atoms with van der Waals surface area (Å²) in [6.45, 7) is -0.290. The van der Waals surface area contributed by atoms with Gasteiger partial charge in [0.1, 0.15) is 11.6 Å². The first-order chi connectivity index (χ1) is 13.7. The van der Waals surface area contributed by atoms with Crippen molar-refractivity contribution in [1.29, 1.82) is 0 Å². The second-order valence-corrected chi connectivity index (χ2v) is 9.48. The molecule has 3 aliphatic carbocycles. The first-order valence-corrected chi connectivity index (χ1v) is 10.4. The molecule has 3 fully saturated rings. The summed E-state index contributed by atoms with van der Waals surface area (Å²) in [7, 11) is -1.58. The standard InChI is InChI=1S/C18H15ClF3N3O3S/c19-11-2-1-10(5-12(11)20)28-6-13(26)24-17-7-18(8-17,9-17)25-14(27)15-23-3-4-29(15)16(21)22/h1-5,16H,6-9H2,(H-,24,25,26,27)/p+1. The van der Waals surface area contributed by atoms with E-state index in [2.05, 4.69) is 15.6 Å². The van der Waals surface area contributed by atoms with Crippen molar-refractivity contribution in [3.05, 3.63) is 45.6 Å². The van der Waals surface area contributed by atoms with Crippen LogP contribution in [0.25, 0.3) is 0 Å². The summed E-state index contributed by atoms with van der Waals surface area (Å²) in [6.07, 6.45) is 2.75. The summed E-state index contributed by atoms with van der Waals surface area (Å²) >= 11 is 5.59. The van der Waals surface area contributed by atoms with E-state index in [1.54, 1.807) is 0 Å². The Morgan fingerprint density at radius 2 is 1.93 bits per heavy atom. The maximum Gasteiger partial charge on any atom is 0.423 e. The summed E-state index contributed by atoms with van der Waals surface area (Å²) in [5.41, 5.74) is -0.925. The Kier molecular flexibility index (Phi) is 4.94. The van der Waals surface area contributed by atoms with Crippen molar-refractivity contribution in [2.45, 2.75) is 36.1 Å². The first kappa shape index (κ1) is 20.0. The molecule has 29 heavy (non-hydrogen) atoms. The van der Waals surface area contributed by atoms with Crippen molar-refractivity contribution in [3.63, 3.8) is 0 Å². The molecule has 1 unspecified atom stereocenters. The number of alkyl halides is 2. The van der Waals surface area contributed by atoms with Crippen LogP contribution in [-0.2, 0) is 4.79 Å². The zero-order chi connectivity index (χ0) is 20.8. The van der Waals surface area contributed by atoms with Crippen molar-refractivity contribution in [3.8, 4) is 5.75 Å². The molecule has 154 valence electrons. The van der Waals surface area contributed by atoms with Crippen LogP contribution in [0.2, 0.25) is 5.02 Å². The van der Waals surface area contributed by atoms with Crippen molar-refractivity contribution in [2.75, 3.05) is 6.61 Å². The minimum absolute atomic E-state index is 0.0391. The van der Waals surface area contributed by atoms with Crippen LogP contribution in [0, 0.1) is 5.82 Å². The van der Waals surface area contributed by atoms with Gasteiger partial charge in [0.2, 0.25) is 0 Å². The number of hydrogen-bond donors (Lipinski definition) is 2. The zero-order valence-electron chi connectivity index (χ0n) is 14.9. The van der Waals surface area contributed by atoms with Crippen molar-refractivity contribution >= 4 is 33.9 Å². The molecular formula is C18H16ClF3N3O3S+. The molecule has 1 heterocycles. The lowest BCUT2D eigenvalue weighted by Gasteiger charge is -2.70. The maximum absolute atomic E-state index is 13.4. The number of nitrogens with zero attached hydrogens (tertiary/aromatic N) is 1. The van der Waals surface area contributed by atoms with Gasteiger partial charge in [-0.1, -0.05) is 11.6 Å². The maximum atomic E-state index is 13.4. The number of aromatic nitrogens is 1. The van der Waals surface area contributed by atoms with Crippen molar-refractivity contribution in [2.24, 2.45) is 0 Å². The van der Waals surface area contributed by atoms with Gasteiger partial charge >= 0.3 is 16.7 Å². The van der Waals surface area contributed by atoms with E-state index in [-0.39, 0.29) is 28.3 Å². The van der Waals surface area contributed by atoms with Crippen molar-refractivity contribution in [1.82, 2.24) is 15.6 Å². The van der Waals surface area contributed by atoms with Gasteiger partial charge in [0, 0.05) is 17.1 Å². The third kappa shape index (κ3) is 3.78. The van der Waals surface area contributed by atoms with Crippen LogP contribution in [0.1, 0.15) is 34.8 Å². The lowest BCUT2D eigenvalue weighted by atomic mass is 9.44. The molecule has 0 spiro atoms. The molecule has 5 rings (SSSR count). The van der Waals surface area contributed by atoms with E-state index >= 15 is 0 Å². The molecule has 3 aliphatic rings. The molecule has 1 aromatic carbocycles. The minimum Gasteiger partial charge on any atom is -0.484 e. The fraction of sp³-hybridized carbons (Fsp3) is 0.389. The number of carbonyl (C=O) groups is 2. The van der Waals surface area contributed by atoms with Crippen LogP contribution in [0.3, 0.4) is 0 Å². The Morgan fingerprint density at radius 3 is 2.59 bits per heavy atom. The van der Waals surface area contributed by atoms with Crippen LogP contribution in [-0.4, -0.2) is 34.5 Å². The summed E-state index contributed by atoms with van der Waals surface area (Å²) < 4.78 is 44.5. The first-order valence-electron chi connectivity index (χ1n) is 8.67. The Morgan fingerprint density at radius 1 is 1.24 bits per heavy atom. The quantitative estimate of drug-likeness (QED) is 0.637. The molecule has 3 saturated carbocycles. The molecule has 0 aliphatic heterocycles. The Bertz CT molecular complexity index is 964. The molecule has 1 atom stereocenters. The van der Waals surface area contributed by atoms with Gasteiger partial charge in [-0.05, 0) is 31.4 Å². The van der Waals surface area contributed by atoms with E-state index in [1.807, 2.05) is 0 Å². The number of amides is 2. The average Bonchev–Trinajstić information content (AvgIpc) is 3.10. The van der Waals surface area contributed by atoms with Crippen molar-refractivity contribution < 1.29 is 27.5 Å².